The van der Waals surface area contributed by atoms with Crippen molar-refractivity contribution in [2.24, 2.45) is 0 Å². The van der Waals surface area contributed by atoms with Gasteiger partial charge in [-0.2, -0.15) is 0 Å². The maximum Gasteiger partial charge on any atom is 0.350 e. The predicted molar refractivity (Wildman–Crippen MR) is 83.7 cm³/mol. The highest BCUT2D eigenvalue weighted by Gasteiger charge is 2.15. The Hall–Kier alpha value is -1.14. The molecule has 0 spiro atoms. The number of methoxy groups -OCH3 is 1. The van der Waals surface area contributed by atoms with E-state index in [4.69, 9.17) is 4.74 Å². The third-order valence-corrected chi connectivity index (χ3v) is 4.36. The van der Waals surface area contributed by atoms with Gasteiger partial charge in [0.1, 0.15) is 4.88 Å². The minimum absolute atomic E-state index is 0.313. The molecule has 0 amide bonds. The molecule has 0 aliphatic carbocycles. The number of hydrogen-bond donors (Lipinski definition) is 1. The number of carbonyl (C=O) groups excluding carboxylic acids is 1. The molecule has 1 heterocycles. The maximum atomic E-state index is 11.5. The Morgan fingerprint density at radius 1 is 1.45 bits per heavy atom. The zero-order valence-corrected chi connectivity index (χ0v) is 13.8. The molecule has 114 valence electrons. The fraction of sp³-hybridized carbons (Fsp3) is 0.714. The van der Waals surface area contributed by atoms with Crippen LogP contribution in [-0.2, 0) is 4.74 Å². The molecule has 0 atom stereocenters. The van der Waals surface area contributed by atoms with Gasteiger partial charge in [0.15, 0.2) is 5.13 Å². The third kappa shape index (κ3) is 5.09. The van der Waals surface area contributed by atoms with Crippen LogP contribution >= 0.6 is 11.3 Å². The fourth-order valence-corrected chi connectivity index (χ4v) is 2.60. The third-order valence-electron chi connectivity index (χ3n) is 3.26. The van der Waals surface area contributed by atoms with Gasteiger partial charge < -0.3 is 15.0 Å². The van der Waals surface area contributed by atoms with Crippen LogP contribution in [-0.4, -0.2) is 49.1 Å². The second-order valence-electron chi connectivity index (χ2n) is 5.13. The topological polar surface area (TPSA) is 54.5 Å². The Balaban J connectivity index is 2.31. The van der Waals surface area contributed by atoms with Gasteiger partial charge in [-0.05, 0) is 47.2 Å². The van der Waals surface area contributed by atoms with Gasteiger partial charge in [0, 0.05) is 12.6 Å². The normalized spacial score (nSPS) is 11.2. The van der Waals surface area contributed by atoms with Crippen molar-refractivity contribution in [3.63, 3.8) is 0 Å². The molecule has 0 radical (unpaired) electrons. The van der Waals surface area contributed by atoms with E-state index in [-0.39, 0.29) is 5.97 Å². The van der Waals surface area contributed by atoms with Crippen LogP contribution in [0.4, 0.5) is 5.13 Å². The van der Waals surface area contributed by atoms with Gasteiger partial charge in [-0.15, -0.1) is 0 Å². The van der Waals surface area contributed by atoms with Crippen LogP contribution in [0.15, 0.2) is 0 Å². The number of thiazole rings is 1. The van der Waals surface area contributed by atoms with Gasteiger partial charge in [-0.3, -0.25) is 0 Å². The van der Waals surface area contributed by atoms with E-state index in [1.54, 1.807) is 0 Å². The van der Waals surface area contributed by atoms with E-state index in [2.05, 4.69) is 36.1 Å². The average molecular weight is 299 g/mol. The number of nitrogens with one attached hydrogen (secondary N) is 1. The molecular formula is C14H25N3O2S. The van der Waals surface area contributed by atoms with Crippen LogP contribution < -0.4 is 5.32 Å². The van der Waals surface area contributed by atoms with Crippen LogP contribution in [0.1, 0.15) is 42.1 Å². The summed E-state index contributed by atoms with van der Waals surface area (Å²) in [6, 6.07) is 0.590. The fourth-order valence-electron chi connectivity index (χ4n) is 1.69. The highest BCUT2D eigenvalue weighted by atomic mass is 32.1. The molecule has 0 fully saturated rings. The molecule has 6 heteroatoms. The first-order chi connectivity index (χ1) is 9.45. The summed E-state index contributed by atoms with van der Waals surface area (Å²) in [5.41, 5.74) is 0.726. The molecule has 0 aliphatic rings. The van der Waals surface area contributed by atoms with E-state index in [9.17, 15) is 4.79 Å². The number of rotatable bonds is 8. The molecule has 0 saturated carbocycles. The first-order valence-electron chi connectivity index (χ1n) is 6.95. The lowest BCUT2D eigenvalue weighted by Crippen LogP contribution is -2.27. The Kier molecular flexibility index (Phi) is 6.95. The Bertz CT molecular complexity index is 432. The summed E-state index contributed by atoms with van der Waals surface area (Å²) in [5.74, 6) is -0.313. The standard InChI is InChI=1S/C14H25N3O2S/c1-10(2)17(4)9-7-6-8-15-14-16-11(3)12(20-14)13(18)19-5/h10H,6-9H2,1-5H3,(H,15,16). The zero-order valence-electron chi connectivity index (χ0n) is 13.0. The number of carbonyl (C=O) groups is 1. The molecular weight excluding hydrogens is 274 g/mol. The van der Waals surface area contributed by atoms with E-state index in [0.29, 0.717) is 10.9 Å². The van der Waals surface area contributed by atoms with Crippen LogP contribution in [0.5, 0.6) is 0 Å². The maximum absolute atomic E-state index is 11.5. The minimum Gasteiger partial charge on any atom is -0.465 e. The summed E-state index contributed by atoms with van der Waals surface area (Å²) < 4.78 is 4.72. The van der Waals surface area contributed by atoms with Crippen molar-refractivity contribution in [2.45, 2.75) is 39.7 Å². The van der Waals surface area contributed by atoms with Gasteiger partial charge in [0.05, 0.1) is 12.8 Å². The van der Waals surface area contributed by atoms with Crippen molar-refractivity contribution >= 4 is 22.4 Å². The lowest BCUT2D eigenvalue weighted by molar-refractivity contribution is 0.0605. The van der Waals surface area contributed by atoms with Gasteiger partial charge >= 0.3 is 5.97 Å². The number of nitrogens with zero attached hydrogens (tertiary/aromatic N) is 2. The van der Waals surface area contributed by atoms with Crippen LogP contribution in [0, 0.1) is 6.92 Å². The molecule has 1 N–H and O–H groups in total. The summed E-state index contributed by atoms with van der Waals surface area (Å²) >= 11 is 1.35. The number of unbranched alkanes of at least 4 members (excludes halogenated alkanes) is 1. The molecule has 0 unspecified atom stereocenters. The van der Waals surface area contributed by atoms with Crippen molar-refractivity contribution < 1.29 is 9.53 Å². The van der Waals surface area contributed by atoms with Gasteiger partial charge in [0.2, 0.25) is 0 Å². The Labute approximate surface area is 125 Å². The second kappa shape index (κ2) is 8.21. The van der Waals surface area contributed by atoms with E-state index >= 15 is 0 Å². The van der Waals surface area contributed by atoms with Crippen LogP contribution in [0.3, 0.4) is 0 Å². The quantitative estimate of drug-likeness (QED) is 0.591. The summed E-state index contributed by atoms with van der Waals surface area (Å²) in [4.78, 5) is 18.7. The van der Waals surface area contributed by atoms with Gasteiger partial charge in [-0.25, -0.2) is 9.78 Å². The molecule has 5 nitrogen and oxygen atoms in total. The Morgan fingerprint density at radius 2 is 2.15 bits per heavy atom. The van der Waals surface area contributed by atoms with Crippen molar-refractivity contribution in [3.05, 3.63) is 10.6 Å². The Morgan fingerprint density at radius 3 is 2.75 bits per heavy atom. The molecule has 0 aliphatic heterocycles. The number of anilines is 1. The first kappa shape index (κ1) is 16.9. The summed E-state index contributed by atoms with van der Waals surface area (Å²) in [6.07, 6.45) is 2.24. The highest BCUT2D eigenvalue weighted by molar-refractivity contribution is 7.17. The lowest BCUT2D eigenvalue weighted by atomic mass is 10.2. The van der Waals surface area contributed by atoms with E-state index in [1.165, 1.54) is 18.4 Å². The van der Waals surface area contributed by atoms with Crippen LogP contribution in [0.2, 0.25) is 0 Å². The smallest absolute Gasteiger partial charge is 0.350 e. The average Bonchev–Trinajstić information content (AvgIpc) is 2.78. The highest BCUT2D eigenvalue weighted by Crippen LogP contribution is 2.23. The minimum atomic E-state index is -0.313. The molecule has 0 saturated heterocycles. The largest absolute Gasteiger partial charge is 0.465 e. The predicted octanol–water partition coefficient (Wildman–Crippen LogP) is 2.77. The van der Waals surface area contributed by atoms with E-state index in [1.807, 2.05) is 6.92 Å². The van der Waals surface area contributed by atoms with Gasteiger partial charge in [-0.1, -0.05) is 11.3 Å². The van der Waals surface area contributed by atoms with Gasteiger partial charge in [0.25, 0.3) is 0 Å². The summed E-state index contributed by atoms with van der Waals surface area (Å²) in [7, 11) is 3.53. The summed E-state index contributed by atoms with van der Waals surface area (Å²) in [5, 5.41) is 4.06. The number of esters is 1. The number of ether oxygens (including phenoxy) is 1. The van der Waals surface area contributed by atoms with E-state index in [0.717, 1.165) is 36.8 Å². The monoisotopic (exact) mass is 299 g/mol. The first-order valence-corrected chi connectivity index (χ1v) is 7.77. The molecule has 0 bridgehead atoms. The number of hydrogen-bond acceptors (Lipinski definition) is 6. The number of aryl methyl sites for hydroxylation is 1. The molecule has 1 rings (SSSR count). The van der Waals surface area contributed by atoms with Crippen molar-refractivity contribution in [3.8, 4) is 0 Å². The lowest BCUT2D eigenvalue weighted by Gasteiger charge is -2.20. The molecule has 20 heavy (non-hydrogen) atoms. The summed E-state index contributed by atoms with van der Waals surface area (Å²) in [6.45, 7) is 8.20. The van der Waals surface area contributed by atoms with Crippen molar-refractivity contribution in [1.82, 2.24) is 9.88 Å². The SMILES string of the molecule is COC(=O)c1sc(NCCCCN(C)C(C)C)nc1C. The van der Waals surface area contributed by atoms with Crippen molar-refractivity contribution in [2.75, 3.05) is 32.6 Å². The molecule has 1 aromatic heterocycles. The number of aromatic nitrogens is 1. The molecule has 1 aromatic rings. The second-order valence-corrected chi connectivity index (χ2v) is 6.13. The zero-order chi connectivity index (χ0) is 15.1. The van der Waals surface area contributed by atoms with E-state index < -0.39 is 0 Å². The van der Waals surface area contributed by atoms with Crippen LogP contribution in [0.25, 0.3) is 0 Å². The molecule has 0 aromatic carbocycles. The van der Waals surface area contributed by atoms with Crippen molar-refractivity contribution in [1.29, 1.82) is 0 Å².